The fraction of sp³-hybridized carbons (Fsp3) is 1.00. The van der Waals surface area contributed by atoms with Crippen molar-refractivity contribution in [2.24, 2.45) is 11.1 Å². The highest BCUT2D eigenvalue weighted by Gasteiger charge is 2.48. The maximum absolute atomic E-state index is 6.28. The van der Waals surface area contributed by atoms with Crippen molar-refractivity contribution < 1.29 is 0 Å². The van der Waals surface area contributed by atoms with Gasteiger partial charge in [-0.2, -0.15) is 0 Å². The van der Waals surface area contributed by atoms with Crippen LogP contribution in [0, 0.1) is 5.41 Å². The van der Waals surface area contributed by atoms with Gasteiger partial charge in [-0.25, -0.2) is 0 Å². The van der Waals surface area contributed by atoms with Gasteiger partial charge in [-0.3, -0.25) is 4.90 Å². The van der Waals surface area contributed by atoms with E-state index in [1.807, 2.05) is 0 Å². The molecule has 2 nitrogen and oxygen atoms in total. The molecule has 3 saturated carbocycles. The second-order valence-electron chi connectivity index (χ2n) is 7.56. The van der Waals surface area contributed by atoms with Gasteiger partial charge in [-0.05, 0) is 69.7 Å². The van der Waals surface area contributed by atoms with E-state index < -0.39 is 0 Å². The lowest BCUT2D eigenvalue weighted by molar-refractivity contribution is 0.00796. The zero-order valence-electron chi connectivity index (χ0n) is 12.8. The van der Waals surface area contributed by atoms with Gasteiger partial charge in [0.1, 0.15) is 0 Å². The Labute approximate surface area is 119 Å². The summed E-state index contributed by atoms with van der Waals surface area (Å²) in [5.41, 5.74) is 7.38. The van der Waals surface area contributed by atoms with Crippen molar-refractivity contribution in [1.29, 1.82) is 0 Å². The number of rotatable bonds is 5. The van der Waals surface area contributed by atoms with E-state index in [0.29, 0.717) is 5.54 Å². The summed E-state index contributed by atoms with van der Waals surface area (Å²) in [5.74, 6) is 0. The normalized spacial score (nSPS) is 29.2. The van der Waals surface area contributed by atoms with Crippen LogP contribution in [0.25, 0.3) is 0 Å². The van der Waals surface area contributed by atoms with Gasteiger partial charge >= 0.3 is 0 Å². The molecule has 0 aromatic heterocycles. The lowest BCUT2D eigenvalue weighted by Crippen LogP contribution is -2.57. The van der Waals surface area contributed by atoms with Crippen molar-refractivity contribution in [3.8, 4) is 0 Å². The number of nitrogens with zero attached hydrogens (tertiary/aromatic N) is 1. The van der Waals surface area contributed by atoms with Crippen LogP contribution in [0.4, 0.5) is 0 Å². The van der Waals surface area contributed by atoms with E-state index in [0.717, 1.165) is 18.0 Å². The average Bonchev–Trinajstić information content (AvgIpc) is 3.19. The minimum absolute atomic E-state index is 0.366. The van der Waals surface area contributed by atoms with Gasteiger partial charge in [0.05, 0.1) is 0 Å². The summed E-state index contributed by atoms with van der Waals surface area (Å²) in [6, 6.07) is 0.876. The van der Waals surface area contributed by atoms with E-state index in [1.54, 1.807) is 0 Å². The largest absolute Gasteiger partial charge is 0.329 e. The first-order valence-corrected chi connectivity index (χ1v) is 8.70. The predicted molar refractivity (Wildman–Crippen MR) is 81.2 cm³/mol. The molecular formula is C17H32N2. The summed E-state index contributed by atoms with van der Waals surface area (Å²) < 4.78 is 0. The molecule has 3 aliphatic carbocycles. The topological polar surface area (TPSA) is 29.3 Å². The molecule has 19 heavy (non-hydrogen) atoms. The van der Waals surface area contributed by atoms with Gasteiger partial charge in [0.15, 0.2) is 0 Å². The van der Waals surface area contributed by atoms with Crippen molar-refractivity contribution in [3.63, 3.8) is 0 Å². The predicted octanol–water partition coefficient (Wildman–Crippen LogP) is 3.69. The zero-order valence-corrected chi connectivity index (χ0v) is 12.8. The van der Waals surface area contributed by atoms with Gasteiger partial charge in [-0.1, -0.05) is 19.8 Å². The molecule has 0 unspecified atom stereocenters. The first-order chi connectivity index (χ1) is 9.24. The van der Waals surface area contributed by atoms with E-state index in [9.17, 15) is 0 Å². The van der Waals surface area contributed by atoms with Crippen molar-refractivity contribution in [1.82, 2.24) is 4.90 Å². The van der Waals surface area contributed by atoms with Crippen molar-refractivity contribution in [2.45, 2.75) is 89.1 Å². The Kier molecular flexibility index (Phi) is 3.92. The monoisotopic (exact) mass is 264 g/mol. The lowest BCUT2D eigenvalue weighted by Gasteiger charge is -2.51. The molecule has 0 aliphatic heterocycles. The third-order valence-electron chi connectivity index (χ3n) is 6.35. The van der Waals surface area contributed by atoms with Gasteiger partial charge in [0.25, 0.3) is 0 Å². The molecule has 3 fully saturated rings. The maximum Gasteiger partial charge on any atom is 0.0335 e. The molecule has 0 radical (unpaired) electrons. The summed E-state index contributed by atoms with van der Waals surface area (Å²) in [4.78, 5) is 2.83. The van der Waals surface area contributed by atoms with Crippen LogP contribution in [0.2, 0.25) is 0 Å². The second-order valence-corrected chi connectivity index (χ2v) is 7.56. The molecule has 3 rings (SSSR count). The molecular weight excluding hydrogens is 232 g/mol. The molecule has 0 saturated heterocycles. The first kappa shape index (κ1) is 13.9. The Morgan fingerprint density at radius 2 is 1.63 bits per heavy atom. The zero-order chi connectivity index (χ0) is 13.3. The first-order valence-electron chi connectivity index (χ1n) is 8.70. The number of hydrogen-bond donors (Lipinski definition) is 1. The van der Waals surface area contributed by atoms with Crippen LogP contribution in [0.3, 0.4) is 0 Å². The molecule has 3 aliphatic rings. The summed E-state index contributed by atoms with van der Waals surface area (Å²) in [6.07, 6.45) is 15.8. The summed E-state index contributed by atoms with van der Waals surface area (Å²) in [5, 5.41) is 0. The van der Waals surface area contributed by atoms with E-state index in [4.69, 9.17) is 5.73 Å². The van der Waals surface area contributed by atoms with E-state index in [2.05, 4.69) is 11.8 Å². The lowest BCUT2D eigenvalue weighted by atomic mass is 9.65. The summed E-state index contributed by atoms with van der Waals surface area (Å²) >= 11 is 0. The van der Waals surface area contributed by atoms with Crippen LogP contribution >= 0.6 is 0 Å². The van der Waals surface area contributed by atoms with Crippen LogP contribution in [-0.4, -0.2) is 29.6 Å². The second kappa shape index (κ2) is 5.37. The number of nitrogens with two attached hydrogens (primary N) is 1. The summed E-state index contributed by atoms with van der Waals surface area (Å²) in [7, 11) is 0. The average molecular weight is 264 g/mol. The molecule has 2 heteroatoms. The van der Waals surface area contributed by atoms with Crippen molar-refractivity contribution in [2.75, 3.05) is 13.1 Å². The fourth-order valence-corrected chi connectivity index (χ4v) is 4.91. The molecule has 110 valence electrons. The summed E-state index contributed by atoms with van der Waals surface area (Å²) in [6.45, 7) is 4.48. The minimum atomic E-state index is 0.366. The third-order valence-corrected chi connectivity index (χ3v) is 6.35. The Bertz CT molecular complexity index is 292. The number of hydrogen-bond acceptors (Lipinski definition) is 2. The van der Waals surface area contributed by atoms with Crippen molar-refractivity contribution >= 4 is 0 Å². The minimum Gasteiger partial charge on any atom is -0.329 e. The molecule has 0 bridgehead atoms. The van der Waals surface area contributed by atoms with Gasteiger partial charge in [0.2, 0.25) is 0 Å². The van der Waals surface area contributed by atoms with Gasteiger partial charge in [0, 0.05) is 18.1 Å². The van der Waals surface area contributed by atoms with Crippen molar-refractivity contribution in [3.05, 3.63) is 0 Å². The highest BCUT2D eigenvalue weighted by Crippen LogP contribution is 2.53. The maximum atomic E-state index is 6.28. The molecule has 0 atom stereocenters. The molecule has 1 spiro atoms. The van der Waals surface area contributed by atoms with Crippen LogP contribution < -0.4 is 5.73 Å². The standard InChI is InChI=1S/C17H32N2/c1-2-13-19(15-5-6-15)17(14-18)11-9-16(10-12-17)7-3-4-8-16/h15H,2-14,18H2,1H3. The Hall–Kier alpha value is -0.0800. The molecule has 0 heterocycles. The van der Waals surface area contributed by atoms with Crippen LogP contribution in [0.15, 0.2) is 0 Å². The molecule has 0 aromatic rings. The highest BCUT2D eigenvalue weighted by molar-refractivity contribution is 5.04. The molecule has 0 aromatic carbocycles. The van der Waals surface area contributed by atoms with E-state index >= 15 is 0 Å². The van der Waals surface area contributed by atoms with Gasteiger partial charge < -0.3 is 5.73 Å². The van der Waals surface area contributed by atoms with Crippen LogP contribution in [-0.2, 0) is 0 Å². The van der Waals surface area contributed by atoms with E-state index in [1.165, 1.54) is 77.2 Å². The highest BCUT2D eigenvalue weighted by atomic mass is 15.3. The van der Waals surface area contributed by atoms with Gasteiger partial charge in [-0.15, -0.1) is 0 Å². The Balaban J connectivity index is 1.69. The third kappa shape index (κ3) is 2.58. The van der Waals surface area contributed by atoms with E-state index in [-0.39, 0.29) is 0 Å². The molecule has 0 amide bonds. The van der Waals surface area contributed by atoms with Crippen LogP contribution in [0.5, 0.6) is 0 Å². The Morgan fingerprint density at radius 1 is 1.00 bits per heavy atom. The quantitative estimate of drug-likeness (QED) is 0.820. The SMILES string of the molecule is CCCN(C1CC1)C1(CN)CCC2(CCCC2)CC1. The Morgan fingerprint density at radius 3 is 2.11 bits per heavy atom. The smallest absolute Gasteiger partial charge is 0.0335 e. The van der Waals surface area contributed by atoms with Crippen LogP contribution in [0.1, 0.15) is 77.6 Å². The fourth-order valence-electron chi connectivity index (χ4n) is 4.91. The molecule has 2 N–H and O–H groups in total.